The van der Waals surface area contributed by atoms with Gasteiger partial charge in [0.2, 0.25) is 6.29 Å². The van der Waals surface area contributed by atoms with Crippen molar-refractivity contribution < 1.29 is 10.0 Å². The van der Waals surface area contributed by atoms with Crippen LogP contribution in [0, 0.1) is 0 Å². The zero-order valence-electron chi connectivity index (χ0n) is 6.49. The van der Waals surface area contributed by atoms with Crippen molar-refractivity contribution in [3.05, 3.63) is 0 Å². The maximum Gasteiger partial charge on any atom is 0.217 e. The number of hydrazine groups is 1. The Kier molecular flexibility index (Phi) is 3.48. The minimum absolute atomic E-state index is 0.0417. The van der Waals surface area contributed by atoms with Gasteiger partial charge in [0, 0.05) is 13.1 Å². The van der Waals surface area contributed by atoms with Crippen molar-refractivity contribution >= 4 is 6.29 Å². The number of nitrogens with zero attached hydrogens (tertiary/aromatic N) is 2. The Morgan fingerprint density at radius 1 is 1.36 bits per heavy atom. The molecular formula is C7H13N2O2. The highest BCUT2D eigenvalue weighted by Gasteiger charge is 2.15. The summed E-state index contributed by atoms with van der Waals surface area (Å²) in [6.45, 7) is 1.65. The van der Waals surface area contributed by atoms with Crippen molar-refractivity contribution in [1.82, 2.24) is 10.2 Å². The second-order valence-corrected chi connectivity index (χ2v) is 2.69. The van der Waals surface area contributed by atoms with E-state index in [-0.39, 0.29) is 6.54 Å². The molecule has 0 atom stereocenters. The molecule has 1 fully saturated rings. The third-order valence-corrected chi connectivity index (χ3v) is 1.86. The number of piperidine rings is 1. The molecule has 0 saturated carbocycles. The van der Waals surface area contributed by atoms with Gasteiger partial charge in [-0.1, -0.05) is 6.42 Å². The SMILES string of the molecule is O=[C]CN(O)N1CCCCC1. The van der Waals surface area contributed by atoms with Crippen LogP contribution in [0.25, 0.3) is 0 Å². The third kappa shape index (κ3) is 2.57. The largest absolute Gasteiger partial charge is 0.298 e. The fraction of sp³-hybridized carbons (Fsp3) is 0.857. The zero-order chi connectivity index (χ0) is 8.10. The Morgan fingerprint density at radius 2 is 2.00 bits per heavy atom. The van der Waals surface area contributed by atoms with Crippen LogP contribution in [-0.4, -0.2) is 41.3 Å². The smallest absolute Gasteiger partial charge is 0.217 e. The summed E-state index contributed by atoms with van der Waals surface area (Å²) in [4.78, 5) is 9.90. The van der Waals surface area contributed by atoms with Gasteiger partial charge in [-0.05, 0) is 12.8 Å². The standard InChI is InChI=1S/C7H13N2O2/c10-7-6-9(11)8-4-2-1-3-5-8/h11H,1-6H2. The predicted molar refractivity (Wildman–Crippen MR) is 39.6 cm³/mol. The molecule has 0 aliphatic carbocycles. The van der Waals surface area contributed by atoms with E-state index in [1.165, 1.54) is 6.42 Å². The van der Waals surface area contributed by atoms with Crippen molar-refractivity contribution in [2.24, 2.45) is 0 Å². The molecule has 0 aromatic rings. The van der Waals surface area contributed by atoms with Crippen LogP contribution in [0.5, 0.6) is 0 Å². The van der Waals surface area contributed by atoms with E-state index in [0.717, 1.165) is 31.1 Å². The summed E-state index contributed by atoms with van der Waals surface area (Å²) in [5.74, 6) is 0. The highest BCUT2D eigenvalue weighted by atomic mass is 16.5. The van der Waals surface area contributed by atoms with Crippen LogP contribution in [0.3, 0.4) is 0 Å². The van der Waals surface area contributed by atoms with E-state index < -0.39 is 0 Å². The number of hydroxylamine groups is 1. The topological polar surface area (TPSA) is 43.8 Å². The summed E-state index contributed by atoms with van der Waals surface area (Å²) >= 11 is 0. The van der Waals surface area contributed by atoms with Crippen LogP contribution in [0.1, 0.15) is 19.3 Å². The summed E-state index contributed by atoms with van der Waals surface area (Å²) in [5.41, 5.74) is 0. The van der Waals surface area contributed by atoms with Crippen LogP contribution in [-0.2, 0) is 4.79 Å². The first-order chi connectivity index (χ1) is 5.34. The molecule has 1 aliphatic rings. The van der Waals surface area contributed by atoms with Crippen molar-refractivity contribution in [3.63, 3.8) is 0 Å². The first kappa shape index (κ1) is 8.64. The van der Waals surface area contributed by atoms with Crippen molar-refractivity contribution in [3.8, 4) is 0 Å². The predicted octanol–water partition coefficient (Wildman–Crippen LogP) is 0.188. The Labute approximate surface area is 66.3 Å². The van der Waals surface area contributed by atoms with Crippen molar-refractivity contribution in [2.45, 2.75) is 19.3 Å². The molecule has 11 heavy (non-hydrogen) atoms. The molecule has 63 valence electrons. The maximum atomic E-state index is 9.90. The fourth-order valence-corrected chi connectivity index (χ4v) is 1.27. The molecule has 0 aromatic heterocycles. The summed E-state index contributed by atoms with van der Waals surface area (Å²) in [5, 5.41) is 11.9. The Balaban J connectivity index is 2.26. The van der Waals surface area contributed by atoms with Crippen LogP contribution in [0.2, 0.25) is 0 Å². The van der Waals surface area contributed by atoms with E-state index in [1.807, 2.05) is 0 Å². The maximum absolute atomic E-state index is 9.90. The number of rotatable bonds is 3. The highest BCUT2D eigenvalue weighted by Crippen LogP contribution is 2.09. The molecule has 1 N–H and O–H groups in total. The molecule has 0 spiro atoms. The van der Waals surface area contributed by atoms with E-state index in [2.05, 4.69) is 0 Å². The van der Waals surface area contributed by atoms with Crippen molar-refractivity contribution in [1.29, 1.82) is 0 Å². The lowest BCUT2D eigenvalue weighted by atomic mass is 10.2. The summed E-state index contributed by atoms with van der Waals surface area (Å²) in [6.07, 6.45) is 5.05. The van der Waals surface area contributed by atoms with E-state index in [1.54, 1.807) is 11.3 Å². The molecule has 1 aliphatic heterocycles. The lowest BCUT2D eigenvalue weighted by molar-refractivity contribution is -0.240. The molecule has 1 heterocycles. The monoisotopic (exact) mass is 157 g/mol. The van der Waals surface area contributed by atoms with Gasteiger partial charge >= 0.3 is 0 Å². The van der Waals surface area contributed by atoms with Gasteiger partial charge in [0.05, 0.1) is 0 Å². The minimum atomic E-state index is -0.0417. The lowest BCUT2D eigenvalue weighted by Gasteiger charge is -2.31. The van der Waals surface area contributed by atoms with Gasteiger partial charge in [-0.15, -0.1) is 5.17 Å². The van der Waals surface area contributed by atoms with Gasteiger partial charge in [-0.2, -0.15) is 0 Å². The number of hydrogen-bond donors (Lipinski definition) is 1. The second kappa shape index (κ2) is 4.43. The summed E-state index contributed by atoms with van der Waals surface area (Å²) < 4.78 is 0. The van der Waals surface area contributed by atoms with Crippen LogP contribution in [0.15, 0.2) is 0 Å². The molecule has 1 radical (unpaired) electrons. The molecule has 1 rings (SSSR count). The Morgan fingerprint density at radius 3 is 2.55 bits per heavy atom. The van der Waals surface area contributed by atoms with E-state index in [9.17, 15) is 10.0 Å². The highest BCUT2D eigenvalue weighted by molar-refractivity contribution is 5.52. The molecule has 0 aromatic carbocycles. The lowest BCUT2D eigenvalue weighted by Crippen LogP contribution is -2.44. The minimum Gasteiger partial charge on any atom is -0.298 e. The molecule has 4 nitrogen and oxygen atoms in total. The van der Waals surface area contributed by atoms with E-state index >= 15 is 0 Å². The van der Waals surface area contributed by atoms with Crippen LogP contribution in [0.4, 0.5) is 0 Å². The quantitative estimate of drug-likeness (QED) is 0.594. The van der Waals surface area contributed by atoms with Crippen molar-refractivity contribution in [2.75, 3.05) is 19.6 Å². The number of hydrogen-bond acceptors (Lipinski definition) is 4. The molecular weight excluding hydrogens is 144 g/mol. The normalized spacial score (nSPS) is 20.5. The van der Waals surface area contributed by atoms with Crippen LogP contribution < -0.4 is 0 Å². The molecule has 0 amide bonds. The van der Waals surface area contributed by atoms with Gasteiger partial charge in [0.1, 0.15) is 6.54 Å². The zero-order valence-corrected chi connectivity index (χ0v) is 6.49. The van der Waals surface area contributed by atoms with Gasteiger partial charge in [-0.3, -0.25) is 10.0 Å². The van der Waals surface area contributed by atoms with Gasteiger partial charge in [-0.25, -0.2) is 5.01 Å². The first-order valence-corrected chi connectivity index (χ1v) is 3.91. The molecule has 0 bridgehead atoms. The van der Waals surface area contributed by atoms with Gasteiger partial charge in [0.15, 0.2) is 0 Å². The molecule has 0 unspecified atom stereocenters. The Hall–Kier alpha value is -0.450. The third-order valence-electron chi connectivity index (χ3n) is 1.86. The molecule has 1 saturated heterocycles. The fourth-order valence-electron chi connectivity index (χ4n) is 1.27. The average Bonchev–Trinajstić information content (AvgIpc) is 2.07. The number of carbonyl (C=O) groups excluding carboxylic acids is 1. The summed E-state index contributed by atoms with van der Waals surface area (Å²) in [6, 6.07) is 0. The second-order valence-electron chi connectivity index (χ2n) is 2.69. The van der Waals surface area contributed by atoms with E-state index in [0.29, 0.717) is 0 Å². The summed E-state index contributed by atoms with van der Waals surface area (Å²) in [7, 11) is 0. The van der Waals surface area contributed by atoms with Gasteiger partial charge in [0.25, 0.3) is 0 Å². The van der Waals surface area contributed by atoms with E-state index in [4.69, 9.17) is 0 Å². The first-order valence-electron chi connectivity index (χ1n) is 3.91. The Bertz CT molecular complexity index is 124. The van der Waals surface area contributed by atoms with Gasteiger partial charge < -0.3 is 0 Å². The average molecular weight is 157 g/mol. The molecule has 4 heteroatoms. The van der Waals surface area contributed by atoms with Crippen LogP contribution >= 0.6 is 0 Å².